The van der Waals surface area contributed by atoms with Crippen LogP contribution in [0.3, 0.4) is 0 Å². The molecule has 2 rings (SSSR count). The van der Waals surface area contributed by atoms with Crippen LogP contribution in [0.25, 0.3) is 0 Å². The van der Waals surface area contributed by atoms with Crippen LogP contribution in [0.15, 0.2) is 23.3 Å². The van der Waals surface area contributed by atoms with E-state index in [1.54, 1.807) is 0 Å². The highest BCUT2D eigenvalue weighted by molar-refractivity contribution is 5.91. The molecule has 2 N–H and O–H groups in total. The summed E-state index contributed by atoms with van der Waals surface area (Å²) in [6, 6.07) is 0. The molecule has 0 unspecified atom stereocenters. The number of esters is 1. The molecule has 4 nitrogen and oxygen atoms in total. The molecule has 1 aliphatic heterocycles. The third-order valence-electron chi connectivity index (χ3n) is 4.31. The predicted molar refractivity (Wildman–Crippen MR) is 71.3 cm³/mol. The number of aliphatic hydroxyl groups is 2. The van der Waals surface area contributed by atoms with Crippen LogP contribution in [0.1, 0.15) is 33.1 Å². The summed E-state index contributed by atoms with van der Waals surface area (Å²) in [4.78, 5) is 11.6. The topological polar surface area (TPSA) is 66.8 Å². The lowest BCUT2D eigenvalue weighted by atomic mass is 9.73. The lowest BCUT2D eigenvalue weighted by Crippen LogP contribution is -2.37. The van der Waals surface area contributed by atoms with Crippen molar-refractivity contribution in [2.24, 2.45) is 11.8 Å². The van der Waals surface area contributed by atoms with E-state index in [-0.39, 0.29) is 30.5 Å². The van der Waals surface area contributed by atoms with E-state index < -0.39 is 6.10 Å². The van der Waals surface area contributed by atoms with Gasteiger partial charge in [0, 0.05) is 18.6 Å². The zero-order valence-corrected chi connectivity index (χ0v) is 11.6. The molecule has 4 heteroatoms. The van der Waals surface area contributed by atoms with Crippen molar-refractivity contribution >= 4 is 5.97 Å². The van der Waals surface area contributed by atoms with Crippen LogP contribution in [0, 0.1) is 11.8 Å². The summed E-state index contributed by atoms with van der Waals surface area (Å²) in [6.07, 6.45) is 1.27. The number of hydrogen-bond donors (Lipinski definition) is 2. The number of rotatable bonds is 4. The Labute approximate surface area is 113 Å². The van der Waals surface area contributed by atoms with E-state index in [4.69, 9.17) is 9.84 Å². The maximum Gasteiger partial charge on any atom is 0.334 e. The van der Waals surface area contributed by atoms with Gasteiger partial charge in [0.2, 0.25) is 0 Å². The van der Waals surface area contributed by atoms with Crippen LogP contribution in [-0.4, -0.2) is 35.0 Å². The van der Waals surface area contributed by atoms with E-state index in [2.05, 4.69) is 13.5 Å². The summed E-state index contributed by atoms with van der Waals surface area (Å²) < 4.78 is 5.25. The Morgan fingerprint density at radius 1 is 1.53 bits per heavy atom. The third-order valence-corrected chi connectivity index (χ3v) is 4.31. The molecule has 0 spiro atoms. The lowest BCUT2D eigenvalue weighted by Gasteiger charge is -2.35. The minimum absolute atomic E-state index is 0.160. The molecule has 2 aliphatic rings. The van der Waals surface area contributed by atoms with E-state index >= 15 is 0 Å². The van der Waals surface area contributed by atoms with Crippen LogP contribution in [0.5, 0.6) is 0 Å². The SMILES string of the molecule is C=C1C(=O)O[C@@H]2CC(C)=C([C@@H](C)CCCO)[C@H](O)[C@H]12. The maximum absolute atomic E-state index is 11.6. The number of aliphatic hydroxyl groups excluding tert-OH is 2. The van der Waals surface area contributed by atoms with Crippen LogP contribution in [-0.2, 0) is 9.53 Å². The quantitative estimate of drug-likeness (QED) is 0.460. The van der Waals surface area contributed by atoms with Gasteiger partial charge in [-0.1, -0.05) is 19.1 Å². The van der Waals surface area contributed by atoms with Crippen LogP contribution >= 0.6 is 0 Å². The highest BCUT2D eigenvalue weighted by Gasteiger charge is 2.47. The highest BCUT2D eigenvalue weighted by Crippen LogP contribution is 2.43. The van der Waals surface area contributed by atoms with Gasteiger partial charge < -0.3 is 14.9 Å². The molecule has 1 saturated heterocycles. The van der Waals surface area contributed by atoms with Crippen molar-refractivity contribution in [2.45, 2.75) is 45.3 Å². The first-order chi connectivity index (χ1) is 8.97. The molecular weight excluding hydrogens is 244 g/mol. The molecule has 1 fully saturated rings. The smallest absolute Gasteiger partial charge is 0.334 e. The van der Waals surface area contributed by atoms with Gasteiger partial charge >= 0.3 is 5.97 Å². The minimum Gasteiger partial charge on any atom is -0.458 e. The molecule has 0 radical (unpaired) electrons. The van der Waals surface area contributed by atoms with Gasteiger partial charge in [-0.25, -0.2) is 4.79 Å². The molecule has 0 aromatic heterocycles. The number of ether oxygens (including phenoxy) is 1. The molecule has 1 heterocycles. The molecule has 4 atom stereocenters. The zero-order chi connectivity index (χ0) is 14.2. The normalized spacial score (nSPS) is 32.3. The standard InChI is InChI=1S/C15H22O4/c1-8(5-4-6-16)12-9(2)7-11-13(14(12)17)10(3)15(18)19-11/h8,11,13-14,16-17H,3-7H2,1-2H3/t8-,11+,13+,14-/m0/s1. The molecule has 0 aromatic rings. The van der Waals surface area contributed by atoms with Gasteiger partial charge in [0.1, 0.15) is 6.10 Å². The Morgan fingerprint density at radius 2 is 2.21 bits per heavy atom. The fraction of sp³-hybridized carbons (Fsp3) is 0.667. The Bertz CT molecular complexity index is 424. The molecule has 19 heavy (non-hydrogen) atoms. The van der Waals surface area contributed by atoms with Crippen LogP contribution in [0.2, 0.25) is 0 Å². The summed E-state index contributed by atoms with van der Waals surface area (Å²) in [5, 5.41) is 19.5. The average molecular weight is 266 g/mol. The van der Waals surface area contributed by atoms with Gasteiger partial charge in [0.25, 0.3) is 0 Å². The summed E-state index contributed by atoms with van der Waals surface area (Å²) >= 11 is 0. The molecule has 0 amide bonds. The fourth-order valence-electron chi connectivity index (χ4n) is 3.34. The van der Waals surface area contributed by atoms with Crippen LogP contribution < -0.4 is 0 Å². The van der Waals surface area contributed by atoms with Crippen LogP contribution in [0.4, 0.5) is 0 Å². The number of fused-ring (bicyclic) bond motifs is 1. The molecule has 1 aliphatic carbocycles. The Hall–Kier alpha value is -1.13. The largest absolute Gasteiger partial charge is 0.458 e. The fourth-order valence-corrected chi connectivity index (χ4v) is 3.34. The second kappa shape index (κ2) is 5.47. The van der Waals surface area contributed by atoms with E-state index in [1.165, 1.54) is 0 Å². The summed E-state index contributed by atoms with van der Waals surface area (Å²) in [5.41, 5.74) is 2.48. The van der Waals surface area contributed by atoms with Gasteiger partial charge in [0.15, 0.2) is 0 Å². The first-order valence-electron chi connectivity index (χ1n) is 6.85. The van der Waals surface area contributed by atoms with E-state index in [0.29, 0.717) is 12.0 Å². The van der Waals surface area contributed by atoms with Crippen molar-refractivity contribution in [3.05, 3.63) is 23.3 Å². The van der Waals surface area contributed by atoms with Crippen molar-refractivity contribution in [1.82, 2.24) is 0 Å². The number of hydrogen-bond acceptors (Lipinski definition) is 4. The average Bonchev–Trinajstić information content (AvgIpc) is 2.62. The zero-order valence-electron chi connectivity index (χ0n) is 11.6. The minimum atomic E-state index is -0.689. The van der Waals surface area contributed by atoms with Gasteiger partial charge in [-0.3, -0.25) is 0 Å². The Balaban J connectivity index is 2.22. The monoisotopic (exact) mass is 266 g/mol. The number of carbonyl (C=O) groups is 1. The first-order valence-corrected chi connectivity index (χ1v) is 6.85. The maximum atomic E-state index is 11.6. The van der Waals surface area contributed by atoms with Gasteiger partial charge in [-0.05, 0) is 31.3 Å². The van der Waals surface area contributed by atoms with Crippen molar-refractivity contribution in [3.63, 3.8) is 0 Å². The molecular formula is C15H22O4. The number of carbonyl (C=O) groups excluding carboxylic acids is 1. The van der Waals surface area contributed by atoms with Crippen molar-refractivity contribution < 1.29 is 19.7 Å². The summed E-state index contributed by atoms with van der Waals surface area (Å²) in [5.74, 6) is -0.486. The predicted octanol–water partition coefficient (Wildman–Crippen LogP) is 1.57. The third kappa shape index (κ3) is 2.47. The van der Waals surface area contributed by atoms with Gasteiger partial charge in [-0.2, -0.15) is 0 Å². The van der Waals surface area contributed by atoms with E-state index in [9.17, 15) is 9.90 Å². The Morgan fingerprint density at radius 3 is 2.84 bits per heavy atom. The molecule has 0 saturated carbocycles. The second-order valence-electron chi connectivity index (χ2n) is 5.65. The summed E-state index contributed by atoms with van der Waals surface area (Å²) in [7, 11) is 0. The van der Waals surface area contributed by atoms with Crippen molar-refractivity contribution in [1.29, 1.82) is 0 Å². The Kier molecular flexibility index (Phi) is 4.11. The second-order valence-corrected chi connectivity index (χ2v) is 5.65. The van der Waals surface area contributed by atoms with E-state index in [1.807, 2.05) is 6.92 Å². The van der Waals surface area contributed by atoms with Gasteiger partial charge in [0.05, 0.1) is 12.0 Å². The van der Waals surface area contributed by atoms with Gasteiger partial charge in [-0.15, -0.1) is 0 Å². The molecule has 0 aromatic carbocycles. The summed E-state index contributed by atoms with van der Waals surface area (Å²) in [6.45, 7) is 7.95. The van der Waals surface area contributed by atoms with Crippen molar-refractivity contribution in [3.8, 4) is 0 Å². The van der Waals surface area contributed by atoms with Crippen molar-refractivity contribution in [2.75, 3.05) is 6.61 Å². The first kappa shape index (κ1) is 14.3. The van der Waals surface area contributed by atoms with E-state index in [0.717, 1.165) is 24.0 Å². The molecule has 106 valence electrons. The molecule has 0 bridgehead atoms. The highest BCUT2D eigenvalue weighted by atomic mass is 16.6. The lowest BCUT2D eigenvalue weighted by molar-refractivity contribution is -0.139.